The van der Waals surface area contributed by atoms with Crippen molar-refractivity contribution in [1.29, 1.82) is 0 Å². The van der Waals surface area contributed by atoms with Gasteiger partial charge in [0.1, 0.15) is 21.6 Å². The Kier molecular flexibility index (Phi) is 4.72. The van der Waals surface area contributed by atoms with Crippen LogP contribution >= 0.6 is 22.9 Å². The van der Waals surface area contributed by atoms with Gasteiger partial charge in [0.15, 0.2) is 0 Å². The maximum Gasteiger partial charge on any atom is 0.416 e. The zero-order valence-electron chi connectivity index (χ0n) is 14.8. The number of carbonyl (C=O) groups excluding carboxylic acids is 1. The molecule has 0 saturated heterocycles. The number of rotatable bonds is 2. The molecule has 0 fully saturated rings. The van der Waals surface area contributed by atoms with Crippen LogP contribution in [0.3, 0.4) is 0 Å². The summed E-state index contributed by atoms with van der Waals surface area (Å²) in [6, 6.07) is 7.72. The molecule has 26 heavy (non-hydrogen) atoms. The lowest BCUT2D eigenvalue weighted by Gasteiger charge is -2.23. The summed E-state index contributed by atoms with van der Waals surface area (Å²) in [5.41, 5.74) is 6.75. The van der Waals surface area contributed by atoms with Crippen molar-refractivity contribution in [2.45, 2.75) is 26.4 Å². The SMILES string of the molecule is CN(C(=O)OC(C)(C)C)c1nc(N)c(-c2nc3ccccc3s2)c(Cl)n1. The average molecular weight is 392 g/mol. The molecule has 0 aliphatic carbocycles. The van der Waals surface area contributed by atoms with Gasteiger partial charge in [-0.2, -0.15) is 9.97 Å². The predicted octanol–water partition coefficient (Wildman–Crippen LogP) is 4.36. The molecule has 3 aromatic rings. The fraction of sp³-hybridized carbons (Fsp3) is 0.294. The molecule has 9 heteroatoms. The number of anilines is 2. The van der Waals surface area contributed by atoms with Crippen molar-refractivity contribution in [3.63, 3.8) is 0 Å². The minimum atomic E-state index is -0.637. The van der Waals surface area contributed by atoms with Gasteiger partial charge in [-0.25, -0.2) is 14.7 Å². The Labute approximate surface area is 159 Å². The summed E-state index contributed by atoms with van der Waals surface area (Å²) < 4.78 is 6.31. The van der Waals surface area contributed by atoms with E-state index in [-0.39, 0.29) is 16.9 Å². The lowest BCUT2D eigenvalue weighted by atomic mass is 10.2. The Hall–Kier alpha value is -2.45. The third-order valence-corrected chi connectivity index (χ3v) is 4.68. The van der Waals surface area contributed by atoms with E-state index in [0.29, 0.717) is 10.6 Å². The third-order valence-electron chi connectivity index (χ3n) is 3.36. The molecule has 2 heterocycles. The molecular formula is C17H18ClN5O2S. The molecule has 0 aliphatic rings. The summed E-state index contributed by atoms with van der Waals surface area (Å²) >= 11 is 7.78. The van der Waals surface area contributed by atoms with Crippen LogP contribution in [0.5, 0.6) is 0 Å². The predicted molar refractivity (Wildman–Crippen MR) is 105 cm³/mol. The molecule has 0 unspecified atom stereocenters. The van der Waals surface area contributed by atoms with Crippen LogP contribution in [0.25, 0.3) is 20.8 Å². The van der Waals surface area contributed by atoms with E-state index >= 15 is 0 Å². The number of hydrogen-bond donors (Lipinski definition) is 1. The second kappa shape index (κ2) is 6.69. The molecule has 0 saturated carbocycles. The fourth-order valence-electron chi connectivity index (χ4n) is 2.18. The highest BCUT2D eigenvalue weighted by atomic mass is 35.5. The van der Waals surface area contributed by atoms with Crippen LogP contribution in [-0.2, 0) is 4.74 Å². The maximum atomic E-state index is 12.2. The summed E-state index contributed by atoms with van der Waals surface area (Å²) in [6.07, 6.45) is -0.597. The minimum Gasteiger partial charge on any atom is -0.443 e. The number of aromatic nitrogens is 3. The average Bonchev–Trinajstić information content (AvgIpc) is 2.95. The van der Waals surface area contributed by atoms with Crippen molar-refractivity contribution >= 4 is 51.0 Å². The van der Waals surface area contributed by atoms with Crippen molar-refractivity contribution in [1.82, 2.24) is 15.0 Å². The molecule has 3 rings (SSSR count). The second-order valence-electron chi connectivity index (χ2n) is 6.60. The van der Waals surface area contributed by atoms with Crippen LogP contribution in [0.1, 0.15) is 20.8 Å². The number of benzene rings is 1. The topological polar surface area (TPSA) is 94.2 Å². The van der Waals surface area contributed by atoms with Gasteiger partial charge in [0.05, 0.1) is 15.8 Å². The van der Waals surface area contributed by atoms with Crippen molar-refractivity contribution in [2.75, 3.05) is 17.7 Å². The zero-order chi connectivity index (χ0) is 19.1. The Morgan fingerprint density at radius 3 is 2.54 bits per heavy atom. The number of halogens is 1. The number of nitrogens with two attached hydrogens (primary N) is 1. The van der Waals surface area contributed by atoms with Gasteiger partial charge in [0.2, 0.25) is 5.95 Å². The third kappa shape index (κ3) is 3.71. The monoisotopic (exact) mass is 391 g/mol. The Morgan fingerprint density at radius 2 is 1.92 bits per heavy atom. The highest BCUT2D eigenvalue weighted by Gasteiger charge is 2.24. The highest BCUT2D eigenvalue weighted by molar-refractivity contribution is 7.21. The van der Waals surface area contributed by atoms with Crippen LogP contribution in [0.4, 0.5) is 16.6 Å². The standard InChI is InChI=1S/C17H18ClN5O2S/c1-17(2,3)25-16(24)23(4)15-21-12(18)11(13(19)22-15)14-20-9-7-5-6-8-10(9)26-14/h5-8H,1-4H3,(H2,19,21,22). The highest BCUT2D eigenvalue weighted by Crippen LogP contribution is 2.37. The number of hydrogen-bond acceptors (Lipinski definition) is 7. The fourth-order valence-corrected chi connectivity index (χ4v) is 3.52. The van der Waals surface area contributed by atoms with Crippen LogP contribution < -0.4 is 10.6 Å². The number of nitrogens with zero attached hydrogens (tertiary/aromatic N) is 4. The lowest BCUT2D eigenvalue weighted by Crippen LogP contribution is -2.35. The first-order chi connectivity index (χ1) is 12.2. The summed E-state index contributed by atoms with van der Waals surface area (Å²) in [5, 5.41) is 0.752. The van der Waals surface area contributed by atoms with Gasteiger partial charge in [-0.05, 0) is 32.9 Å². The van der Waals surface area contributed by atoms with Crippen molar-refractivity contribution < 1.29 is 9.53 Å². The first kappa shape index (κ1) is 18.3. The van der Waals surface area contributed by atoms with Crippen LogP contribution in [0, 0.1) is 0 Å². The number of nitrogen functional groups attached to an aromatic ring is 1. The largest absolute Gasteiger partial charge is 0.443 e. The smallest absolute Gasteiger partial charge is 0.416 e. The maximum absolute atomic E-state index is 12.2. The molecule has 0 aliphatic heterocycles. The number of ether oxygens (including phenoxy) is 1. The van der Waals surface area contributed by atoms with E-state index in [1.807, 2.05) is 24.3 Å². The zero-order valence-corrected chi connectivity index (χ0v) is 16.4. The first-order valence-electron chi connectivity index (χ1n) is 7.81. The van der Waals surface area contributed by atoms with Crippen molar-refractivity contribution in [2.24, 2.45) is 0 Å². The van der Waals surface area contributed by atoms with Gasteiger partial charge in [0, 0.05) is 7.05 Å². The molecule has 136 valence electrons. The van der Waals surface area contributed by atoms with Gasteiger partial charge < -0.3 is 10.5 Å². The van der Waals surface area contributed by atoms with Crippen LogP contribution in [0.2, 0.25) is 5.15 Å². The number of amides is 1. The quantitative estimate of drug-likeness (QED) is 0.652. The molecule has 0 spiro atoms. The molecule has 2 N–H and O–H groups in total. The molecule has 0 atom stereocenters. The van der Waals surface area contributed by atoms with E-state index in [1.54, 1.807) is 20.8 Å². The van der Waals surface area contributed by atoms with E-state index < -0.39 is 11.7 Å². The number of carbonyl (C=O) groups is 1. The summed E-state index contributed by atoms with van der Waals surface area (Å²) in [4.78, 5) is 26.3. The van der Waals surface area contributed by atoms with Gasteiger partial charge >= 0.3 is 6.09 Å². The Morgan fingerprint density at radius 1 is 1.23 bits per heavy atom. The Balaban J connectivity index is 1.97. The number of fused-ring (bicyclic) bond motifs is 1. The van der Waals surface area contributed by atoms with E-state index in [1.165, 1.54) is 18.4 Å². The van der Waals surface area contributed by atoms with Crippen LogP contribution in [0.15, 0.2) is 24.3 Å². The lowest BCUT2D eigenvalue weighted by molar-refractivity contribution is 0.0587. The van der Waals surface area contributed by atoms with Gasteiger partial charge in [0.25, 0.3) is 0 Å². The molecule has 0 radical (unpaired) electrons. The van der Waals surface area contributed by atoms with E-state index in [0.717, 1.165) is 15.1 Å². The first-order valence-corrected chi connectivity index (χ1v) is 9.01. The summed E-state index contributed by atoms with van der Waals surface area (Å²) in [6.45, 7) is 5.32. The number of para-hydroxylation sites is 1. The normalized spacial score (nSPS) is 11.6. The van der Waals surface area contributed by atoms with Crippen molar-refractivity contribution in [3.05, 3.63) is 29.4 Å². The van der Waals surface area contributed by atoms with Gasteiger partial charge in [-0.1, -0.05) is 23.7 Å². The summed E-state index contributed by atoms with van der Waals surface area (Å²) in [7, 11) is 1.50. The van der Waals surface area contributed by atoms with E-state index in [2.05, 4.69) is 15.0 Å². The molecule has 1 amide bonds. The molecule has 0 bridgehead atoms. The Bertz CT molecular complexity index is 927. The van der Waals surface area contributed by atoms with Crippen molar-refractivity contribution in [3.8, 4) is 10.6 Å². The van der Waals surface area contributed by atoms with Gasteiger partial charge in [-0.3, -0.25) is 0 Å². The number of thiazole rings is 1. The van der Waals surface area contributed by atoms with Gasteiger partial charge in [-0.15, -0.1) is 11.3 Å². The molecule has 1 aromatic carbocycles. The summed E-state index contributed by atoms with van der Waals surface area (Å²) in [5.74, 6) is 0.209. The van der Waals surface area contributed by atoms with E-state index in [4.69, 9.17) is 22.1 Å². The molecule has 7 nitrogen and oxygen atoms in total. The minimum absolute atomic E-state index is 0.0617. The molecule has 2 aromatic heterocycles. The van der Waals surface area contributed by atoms with E-state index in [9.17, 15) is 4.79 Å². The molecular weight excluding hydrogens is 374 g/mol. The van der Waals surface area contributed by atoms with Crippen LogP contribution in [-0.4, -0.2) is 33.7 Å². The second-order valence-corrected chi connectivity index (χ2v) is 7.99.